The number of benzene rings is 2. The van der Waals surface area contributed by atoms with E-state index < -0.39 is 0 Å². The molecule has 0 radical (unpaired) electrons. The minimum absolute atomic E-state index is 0.894. The highest BCUT2D eigenvalue weighted by molar-refractivity contribution is 5.57. The lowest BCUT2D eigenvalue weighted by Crippen LogP contribution is -2.16. The van der Waals surface area contributed by atoms with Crippen LogP contribution in [0, 0.1) is 0 Å². The molecular weight excluding hydrogens is 248 g/mol. The highest BCUT2D eigenvalue weighted by atomic mass is 16.5. The predicted molar refractivity (Wildman–Crippen MR) is 83.7 cm³/mol. The summed E-state index contributed by atoms with van der Waals surface area (Å²) >= 11 is 0. The first-order valence-corrected chi connectivity index (χ1v) is 6.97. The third-order valence-corrected chi connectivity index (χ3v) is 3.81. The molecule has 0 spiro atoms. The SMILES string of the molecule is COc1ccc(N(C)Cc2ccc3c(c2)CCN3)cc1. The molecule has 1 aliphatic heterocycles. The molecule has 0 bridgehead atoms. The Kier molecular flexibility index (Phi) is 3.50. The molecule has 0 saturated heterocycles. The van der Waals surface area contributed by atoms with Crippen molar-refractivity contribution in [1.29, 1.82) is 0 Å². The second kappa shape index (κ2) is 5.45. The quantitative estimate of drug-likeness (QED) is 0.920. The van der Waals surface area contributed by atoms with Crippen LogP contribution >= 0.6 is 0 Å². The lowest BCUT2D eigenvalue weighted by molar-refractivity contribution is 0.415. The summed E-state index contributed by atoms with van der Waals surface area (Å²) in [6.45, 7) is 1.98. The topological polar surface area (TPSA) is 24.5 Å². The van der Waals surface area contributed by atoms with E-state index in [0.29, 0.717) is 0 Å². The largest absolute Gasteiger partial charge is 0.497 e. The van der Waals surface area contributed by atoms with E-state index in [2.05, 4.69) is 47.6 Å². The molecule has 3 heteroatoms. The number of nitrogens with one attached hydrogen (secondary N) is 1. The third kappa shape index (κ3) is 2.57. The molecule has 0 saturated carbocycles. The zero-order chi connectivity index (χ0) is 13.9. The maximum atomic E-state index is 5.19. The van der Waals surface area contributed by atoms with Crippen molar-refractivity contribution in [3.05, 3.63) is 53.6 Å². The molecule has 20 heavy (non-hydrogen) atoms. The fourth-order valence-corrected chi connectivity index (χ4v) is 2.66. The molecule has 0 unspecified atom stereocenters. The van der Waals surface area contributed by atoms with Gasteiger partial charge in [0.05, 0.1) is 7.11 Å². The highest BCUT2D eigenvalue weighted by Crippen LogP contribution is 2.25. The van der Waals surface area contributed by atoms with Gasteiger partial charge in [-0.25, -0.2) is 0 Å². The van der Waals surface area contributed by atoms with Gasteiger partial charge < -0.3 is 15.0 Å². The van der Waals surface area contributed by atoms with Crippen molar-refractivity contribution in [1.82, 2.24) is 0 Å². The molecular formula is C17H20N2O. The first kappa shape index (κ1) is 12.9. The van der Waals surface area contributed by atoms with E-state index in [1.165, 1.54) is 22.5 Å². The molecule has 104 valence electrons. The first-order valence-electron chi connectivity index (χ1n) is 6.97. The lowest BCUT2D eigenvalue weighted by atomic mass is 10.1. The van der Waals surface area contributed by atoms with Crippen molar-refractivity contribution < 1.29 is 4.74 Å². The Morgan fingerprint density at radius 3 is 2.70 bits per heavy atom. The standard InChI is InChI=1S/C17H20N2O/c1-19(15-4-6-16(20-2)7-5-15)12-13-3-8-17-14(11-13)9-10-18-17/h3-8,11,18H,9-10,12H2,1-2H3. The van der Waals surface area contributed by atoms with Gasteiger partial charge in [0.1, 0.15) is 5.75 Å². The number of rotatable bonds is 4. The number of nitrogens with zero attached hydrogens (tertiary/aromatic N) is 1. The summed E-state index contributed by atoms with van der Waals surface area (Å²) < 4.78 is 5.19. The van der Waals surface area contributed by atoms with E-state index in [9.17, 15) is 0 Å². The molecule has 2 aromatic rings. The van der Waals surface area contributed by atoms with Crippen LogP contribution in [0.3, 0.4) is 0 Å². The number of methoxy groups -OCH3 is 1. The van der Waals surface area contributed by atoms with Gasteiger partial charge in [0.2, 0.25) is 0 Å². The van der Waals surface area contributed by atoms with Gasteiger partial charge in [-0.15, -0.1) is 0 Å². The monoisotopic (exact) mass is 268 g/mol. The summed E-state index contributed by atoms with van der Waals surface area (Å²) in [6, 6.07) is 14.9. The fourth-order valence-electron chi connectivity index (χ4n) is 2.66. The zero-order valence-corrected chi connectivity index (χ0v) is 12.0. The van der Waals surface area contributed by atoms with E-state index >= 15 is 0 Å². The molecule has 0 fully saturated rings. The van der Waals surface area contributed by atoms with E-state index in [1.807, 2.05) is 12.1 Å². The lowest BCUT2D eigenvalue weighted by Gasteiger charge is -2.20. The number of fused-ring (bicyclic) bond motifs is 1. The average molecular weight is 268 g/mol. The van der Waals surface area contributed by atoms with Crippen molar-refractivity contribution in [2.75, 3.05) is 30.9 Å². The number of ether oxygens (including phenoxy) is 1. The second-order valence-electron chi connectivity index (χ2n) is 5.22. The van der Waals surface area contributed by atoms with Gasteiger partial charge >= 0.3 is 0 Å². The van der Waals surface area contributed by atoms with Crippen LogP contribution in [0.1, 0.15) is 11.1 Å². The molecule has 0 aliphatic carbocycles. The van der Waals surface area contributed by atoms with Gasteiger partial charge in [-0.1, -0.05) is 12.1 Å². The molecule has 1 heterocycles. The summed E-state index contributed by atoms with van der Waals surface area (Å²) in [4.78, 5) is 2.25. The Balaban J connectivity index is 1.73. The summed E-state index contributed by atoms with van der Waals surface area (Å²) in [5, 5.41) is 3.40. The van der Waals surface area contributed by atoms with E-state index in [1.54, 1.807) is 7.11 Å². The van der Waals surface area contributed by atoms with Crippen molar-refractivity contribution in [3.8, 4) is 5.75 Å². The van der Waals surface area contributed by atoms with Crippen molar-refractivity contribution in [2.24, 2.45) is 0 Å². The summed E-state index contributed by atoms with van der Waals surface area (Å²) in [5.74, 6) is 0.894. The van der Waals surface area contributed by atoms with Crippen LogP contribution in [-0.2, 0) is 13.0 Å². The minimum Gasteiger partial charge on any atom is -0.497 e. The van der Waals surface area contributed by atoms with Crippen LogP contribution in [0.15, 0.2) is 42.5 Å². The molecule has 0 amide bonds. The van der Waals surface area contributed by atoms with Gasteiger partial charge in [-0.2, -0.15) is 0 Å². The highest BCUT2D eigenvalue weighted by Gasteiger charge is 2.11. The average Bonchev–Trinajstić information content (AvgIpc) is 2.95. The molecule has 0 aromatic heterocycles. The number of hydrogen-bond acceptors (Lipinski definition) is 3. The molecule has 1 aliphatic rings. The Bertz CT molecular complexity index is 592. The molecule has 3 rings (SSSR count). The molecule has 3 nitrogen and oxygen atoms in total. The summed E-state index contributed by atoms with van der Waals surface area (Å²) in [5.41, 5.74) is 5.28. The Morgan fingerprint density at radius 1 is 1.15 bits per heavy atom. The zero-order valence-electron chi connectivity index (χ0n) is 12.0. The van der Waals surface area contributed by atoms with Gasteiger partial charge in [0.25, 0.3) is 0 Å². The normalized spacial score (nSPS) is 12.7. The second-order valence-corrected chi connectivity index (χ2v) is 5.22. The van der Waals surface area contributed by atoms with Crippen LogP contribution in [-0.4, -0.2) is 20.7 Å². The Hall–Kier alpha value is -2.16. The van der Waals surface area contributed by atoms with E-state index in [-0.39, 0.29) is 0 Å². The van der Waals surface area contributed by atoms with Crippen LogP contribution in [0.2, 0.25) is 0 Å². The van der Waals surface area contributed by atoms with Crippen LogP contribution in [0.5, 0.6) is 5.75 Å². The Morgan fingerprint density at radius 2 is 1.95 bits per heavy atom. The summed E-state index contributed by atoms with van der Waals surface area (Å²) in [6.07, 6.45) is 1.13. The smallest absolute Gasteiger partial charge is 0.119 e. The summed E-state index contributed by atoms with van der Waals surface area (Å²) in [7, 11) is 3.81. The van der Waals surface area contributed by atoms with Crippen LogP contribution < -0.4 is 15.0 Å². The molecule has 1 N–H and O–H groups in total. The fraction of sp³-hybridized carbons (Fsp3) is 0.294. The third-order valence-electron chi connectivity index (χ3n) is 3.81. The van der Waals surface area contributed by atoms with E-state index in [4.69, 9.17) is 4.74 Å². The van der Waals surface area contributed by atoms with E-state index in [0.717, 1.165) is 25.3 Å². The van der Waals surface area contributed by atoms with Crippen molar-refractivity contribution in [2.45, 2.75) is 13.0 Å². The van der Waals surface area contributed by atoms with Crippen LogP contribution in [0.4, 0.5) is 11.4 Å². The minimum atomic E-state index is 0.894. The van der Waals surface area contributed by atoms with Gasteiger partial charge in [-0.3, -0.25) is 0 Å². The first-order chi connectivity index (χ1) is 9.76. The number of anilines is 2. The Labute approximate surface area is 120 Å². The maximum absolute atomic E-state index is 5.19. The maximum Gasteiger partial charge on any atom is 0.119 e. The molecule has 0 atom stereocenters. The van der Waals surface area contributed by atoms with Gasteiger partial charge in [0, 0.05) is 31.5 Å². The predicted octanol–water partition coefficient (Wildman–Crippen LogP) is 3.30. The van der Waals surface area contributed by atoms with Gasteiger partial charge in [-0.05, 0) is 47.9 Å². The van der Waals surface area contributed by atoms with Gasteiger partial charge in [0.15, 0.2) is 0 Å². The van der Waals surface area contributed by atoms with Crippen molar-refractivity contribution >= 4 is 11.4 Å². The number of hydrogen-bond donors (Lipinski definition) is 1. The molecule has 2 aromatic carbocycles. The van der Waals surface area contributed by atoms with Crippen molar-refractivity contribution in [3.63, 3.8) is 0 Å². The van der Waals surface area contributed by atoms with Crippen LogP contribution in [0.25, 0.3) is 0 Å².